The number of ketones is 1. The minimum atomic E-state index is -3.33. The summed E-state index contributed by atoms with van der Waals surface area (Å²) in [7, 11) is -3.33. The number of rotatable bonds is 9. The number of fused-ring (bicyclic) bond motifs is 1. The van der Waals surface area contributed by atoms with E-state index in [2.05, 4.69) is 23.8 Å². The number of aromatic nitrogens is 1. The Labute approximate surface area is 178 Å². The maximum absolute atomic E-state index is 12.4. The highest BCUT2D eigenvalue weighted by molar-refractivity contribution is 7.92. The van der Waals surface area contributed by atoms with Crippen molar-refractivity contribution < 1.29 is 13.2 Å². The first-order chi connectivity index (χ1) is 14.4. The van der Waals surface area contributed by atoms with Crippen LogP contribution in [0.3, 0.4) is 0 Å². The van der Waals surface area contributed by atoms with E-state index in [1.807, 2.05) is 31.2 Å². The molecule has 0 amide bonds. The third-order valence-corrected chi connectivity index (χ3v) is 7.19. The van der Waals surface area contributed by atoms with E-state index in [0.717, 1.165) is 59.3 Å². The highest BCUT2D eigenvalue weighted by Gasteiger charge is 2.30. The molecule has 1 fully saturated rings. The minimum Gasteiger partial charge on any atom is -0.299 e. The van der Waals surface area contributed by atoms with Crippen molar-refractivity contribution in [3.05, 3.63) is 52.9 Å². The lowest BCUT2D eigenvalue weighted by Crippen LogP contribution is -2.16. The van der Waals surface area contributed by atoms with Gasteiger partial charge in [-0.3, -0.25) is 14.5 Å². The van der Waals surface area contributed by atoms with Crippen LogP contribution in [0.4, 0.5) is 5.69 Å². The second kappa shape index (κ2) is 8.34. The van der Waals surface area contributed by atoms with Gasteiger partial charge in [0.15, 0.2) is 0 Å². The molecule has 1 heterocycles. The summed E-state index contributed by atoms with van der Waals surface area (Å²) in [6.07, 6.45) is 8.74. The van der Waals surface area contributed by atoms with Gasteiger partial charge in [0.1, 0.15) is 5.78 Å². The van der Waals surface area contributed by atoms with Crippen LogP contribution in [0.15, 0.2) is 30.3 Å². The van der Waals surface area contributed by atoms with Gasteiger partial charge in [-0.05, 0) is 60.6 Å². The van der Waals surface area contributed by atoms with Crippen molar-refractivity contribution in [1.29, 1.82) is 0 Å². The van der Waals surface area contributed by atoms with Crippen LogP contribution < -0.4 is 4.72 Å². The highest BCUT2D eigenvalue weighted by Crippen LogP contribution is 2.36. The van der Waals surface area contributed by atoms with Gasteiger partial charge >= 0.3 is 0 Å². The van der Waals surface area contributed by atoms with Crippen molar-refractivity contribution in [3.63, 3.8) is 0 Å². The molecule has 1 aromatic carbocycles. The number of anilines is 1. The van der Waals surface area contributed by atoms with Gasteiger partial charge in [-0.1, -0.05) is 32.1 Å². The summed E-state index contributed by atoms with van der Waals surface area (Å²) in [5.74, 6) is 0.621. The fourth-order valence-electron chi connectivity index (χ4n) is 4.05. The molecule has 0 atom stereocenters. The van der Waals surface area contributed by atoms with E-state index >= 15 is 0 Å². The molecular formula is C24H28N2O3S. The van der Waals surface area contributed by atoms with E-state index in [1.54, 1.807) is 0 Å². The molecule has 0 bridgehead atoms. The van der Waals surface area contributed by atoms with Crippen LogP contribution in [-0.4, -0.2) is 24.9 Å². The van der Waals surface area contributed by atoms with E-state index in [9.17, 15) is 13.2 Å². The molecule has 6 heteroatoms. The first kappa shape index (κ1) is 20.8. The van der Waals surface area contributed by atoms with Gasteiger partial charge in [-0.15, -0.1) is 0 Å². The van der Waals surface area contributed by atoms with E-state index < -0.39 is 10.0 Å². The number of nitrogens with zero attached hydrogens (tertiary/aromatic N) is 1. The lowest BCUT2D eigenvalue weighted by Gasteiger charge is -2.16. The van der Waals surface area contributed by atoms with Crippen molar-refractivity contribution >= 4 is 27.6 Å². The summed E-state index contributed by atoms with van der Waals surface area (Å²) in [5, 5.41) is 0. The number of benzene rings is 1. The number of pyridine rings is 1. The van der Waals surface area contributed by atoms with Gasteiger partial charge in [0.25, 0.3) is 0 Å². The Bertz CT molecular complexity index is 1120. The summed E-state index contributed by atoms with van der Waals surface area (Å²) in [6.45, 7) is 3.92. The SMILES string of the molecule is CCCS(=O)(=O)Nc1ccc(-c2cc(CC(=O)C3CC3)nc3c2C=CC3)c(CC)c1. The Balaban J connectivity index is 1.71. The molecule has 30 heavy (non-hydrogen) atoms. The van der Waals surface area contributed by atoms with Crippen molar-refractivity contribution in [2.24, 2.45) is 5.92 Å². The Morgan fingerprint density at radius 2 is 1.97 bits per heavy atom. The molecule has 2 aliphatic rings. The maximum Gasteiger partial charge on any atom is 0.232 e. The number of sulfonamides is 1. The standard InChI is InChI=1S/C24H28N2O3S/c1-3-12-30(28,29)26-18-10-11-20(16(4-2)13-18)22-14-19(15-24(27)17-8-9-17)25-23-7-5-6-21(22)23/h5-6,10-11,13-14,17,26H,3-4,7-9,12,15H2,1-2H3. The number of carbonyl (C=O) groups excluding carboxylic acids is 1. The molecule has 4 rings (SSSR count). The molecule has 1 aromatic heterocycles. The number of allylic oxidation sites excluding steroid dienone is 1. The highest BCUT2D eigenvalue weighted by atomic mass is 32.2. The topological polar surface area (TPSA) is 76.1 Å². The van der Waals surface area contributed by atoms with Crippen LogP contribution in [-0.2, 0) is 34.1 Å². The molecule has 0 radical (unpaired) electrons. The lowest BCUT2D eigenvalue weighted by molar-refractivity contribution is -0.119. The predicted octanol–water partition coefficient (Wildman–Crippen LogP) is 4.55. The fraction of sp³-hybridized carbons (Fsp3) is 0.417. The Morgan fingerprint density at radius 3 is 2.67 bits per heavy atom. The largest absolute Gasteiger partial charge is 0.299 e. The number of hydrogen-bond acceptors (Lipinski definition) is 4. The molecular weight excluding hydrogens is 396 g/mol. The Hall–Kier alpha value is -2.47. The summed E-state index contributed by atoms with van der Waals surface area (Å²) < 4.78 is 27.0. The van der Waals surface area contributed by atoms with Gasteiger partial charge < -0.3 is 0 Å². The van der Waals surface area contributed by atoms with E-state index in [-0.39, 0.29) is 17.5 Å². The molecule has 158 valence electrons. The van der Waals surface area contributed by atoms with Crippen LogP contribution in [0, 0.1) is 5.92 Å². The zero-order valence-corrected chi connectivity index (χ0v) is 18.4. The second-order valence-corrected chi connectivity index (χ2v) is 10.0. The fourth-order valence-corrected chi connectivity index (χ4v) is 5.17. The van der Waals surface area contributed by atoms with E-state index in [4.69, 9.17) is 4.98 Å². The van der Waals surface area contributed by atoms with Gasteiger partial charge in [0.05, 0.1) is 11.4 Å². The zero-order chi connectivity index (χ0) is 21.3. The third-order valence-electron chi connectivity index (χ3n) is 5.70. The second-order valence-electron chi connectivity index (χ2n) is 8.19. The van der Waals surface area contributed by atoms with Gasteiger partial charge in [0, 0.05) is 35.7 Å². The number of carbonyl (C=O) groups is 1. The molecule has 1 N–H and O–H groups in total. The molecule has 0 aliphatic heterocycles. The monoisotopic (exact) mass is 424 g/mol. The summed E-state index contributed by atoms with van der Waals surface area (Å²) in [5.41, 5.74) is 6.76. The van der Waals surface area contributed by atoms with Crippen molar-refractivity contribution in [1.82, 2.24) is 4.98 Å². The average molecular weight is 425 g/mol. The first-order valence-corrected chi connectivity index (χ1v) is 12.4. The van der Waals surface area contributed by atoms with E-state index in [0.29, 0.717) is 18.5 Å². The Morgan fingerprint density at radius 1 is 1.17 bits per heavy atom. The summed E-state index contributed by atoms with van der Waals surface area (Å²) in [4.78, 5) is 17.1. The van der Waals surface area contributed by atoms with Crippen LogP contribution in [0.5, 0.6) is 0 Å². The van der Waals surface area contributed by atoms with Crippen LogP contribution in [0.2, 0.25) is 0 Å². The normalized spacial score (nSPS) is 15.3. The van der Waals surface area contributed by atoms with Crippen LogP contribution in [0.1, 0.15) is 55.6 Å². The molecule has 0 unspecified atom stereocenters. The minimum absolute atomic E-state index is 0.108. The van der Waals surface area contributed by atoms with Crippen molar-refractivity contribution in [2.45, 2.75) is 52.4 Å². The van der Waals surface area contributed by atoms with Gasteiger partial charge in [0.2, 0.25) is 10.0 Å². The smallest absolute Gasteiger partial charge is 0.232 e. The van der Waals surface area contributed by atoms with Crippen molar-refractivity contribution in [3.8, 4) is 11.1 Å². The number of nitrogens with one attached hydrogen (secondary N) is 1. The molecule has 5 nitrogen and oxygen atoms in total. The van der Waals surface area contributed by atoms with Crippen LogP contribution in [0.25, 0.3) is 17.2 Å². The summed E-state index contributed by atoms with van der Waals surface area (Å²) >= 11 is 0. The van der Waals surface area contributed by atoms with Gasteiger partial charge in [-0.2, -0.15) is 0 Å². The van der Waals surface area contributed by atoms with Gasteiger partial charge in [-0.25, -0.2) is 8.42 Å². The summed E-state index contributed by atoms with van der Waals surface area (Å²) in [6, 6.07) is 7.77. The molecule has 2 aliphatic carbocycles. The van der Waals surface area contributed by atoms with Crippen LogP contribution >= 0.6 is 0 Å². The number of aryl methyl sites for hydroxylation is 1. The molecule has 0 spiro atoms. The lowest BCUT2D eigenvalue weighted by atomic mass is 9.93. The number of Topliss-reactive ketones (excluding diaryl/α,β-unsaturated/α-hetero) is 1. The molecule has 1 saturated carbocycles. The average Bonchev–Trinajstić information content (AvgIpc) is 3.45. The molecule has 2 aromatic rings. The molecule has 0 saturated heterocycles. The first-order valence-electron chi connectivity index (χ1n) is 10.8. The Kier molecular flexibility index (Phi) is 5.78. The quantitative estimate of drug-likeness (QED) is 0.640. The maximum atomic E-state index is 12.4. The van der Waals surface area contributed by atoms with Crippen molar-refractivity contribution in [2.75, 3.05) is 10.5 Å². The number of hydrogen-bond donors (Lipinski definition) is 1. The zero-order valence-electron chi connectivity index (χ0n) is 17.6. The predicted molar refractivity (Wildman–Crippen MR) is 121 cm³/mol. The van der Waals surface area contributed by atoms with E-state index in [1.165, 1.54) is 0 Å². The third kappa shape index (κ3) is 4.48.